The summed E-state index contributed by atoms with van der Waals surface area (Å²) in [6, 6.07) is 4.03. The van der Waals surface area contributed by atoms with Gasteiger partial charge in [0.1, 0.15) is 0 Å². The van der Waals surface area contributed by atoms with Gasteiger partial charge in [-0.3, -0.25) is 9.59 Å². The van der Waals surface area contributed by atoms with Gasteiger partial charge in [0.25, 0.3) is 5.91 Å². The topological polar surface area (TPSA) is 37.4 Å². The van der Waals surface area contributed by atoms with Crippen molar-refractivity contribution in [1.29, 1.82) is 0 Å². The number of hydrogen-bond acceptors (Lipinski definition) is 2. The number of alkyl halides is 3. The molecule has 2 rings (SSSR count). The van der Waals surface area contributed by atoms with Crippen LogP contribution in [0.3, 0.4) is 0 Å². The molecule has 1 fully saturated rings. The van der Waals surface area contributed by atoms with Crippen molar-refractivity contribution in [3.05, 3.63) is 35.4 Å². The summed E-state index contributed by atoms with van der Waals surface area (Å²) in [6.45, 7) is 3.58. The molecule has 0 saturated carbocycles. The highest BCUT2D eigenvalue weighted by atomic mass is 19.4. The Morgan fingerprint density at radius 1 is 1.20 bits per heavy atom. The second-order valence-electron chi connectivity index (χ2n) is 5.26. The third-order valence-corrected chi connectivity index (χ3v) is 3.62. The number of rotatable bonds is 1. The van der Waals surface area contributed by atoms with Crippen LogP contribution in [-0.4, -0.2) is 28.7 Å². The lowest BCUT2D eigenvalue weighted by atomic mass is 9.99. The molecule has 1 heterocycles. The summed E-state index contributed by atoms with van der Waals surface area (Å²) in [5.74, 6) is -0.465. The Hall–Kier alpha value is -1.85. The van der Waals surface area contributed by atoms with Crippen molar-refractivity contribution >= 4 is 11.7 Å². The zero-order chi connectivity index (χ0) is 15.1. The highest BCUT2D eigenvalue weighted by molar-refractivity contribution is 6.01. The minimum absolute atomic E-state index is 0.0437. The van der Waals surface area contributed by atoms with Crippen LogP contribution < -0.4 is 0 Å². The SMILES string of the molecule is CC1(C)C(=O)CCN1C(=O)c1ccc(C(F)(F)F)cc1. The third-order valence-electron chi connectivity index (χ3n) is 3.62. The fourth-order valence-electron chi connectivity index (χ4n) is 2.26. The van der Waals surface area contributed by atoms with Crippen LogP contribution in [0.1, 0.15) is 36.2 Å². The molecule has 1 saturated heterocycles. The zero-order valence-corrected chi connectivity index (χ0v) is 11.1. The van der Waals surface area contributed by atoms with E-state index >= 15 is 0 Å². The smallest absolute Gasteiger partial charge is 0.326 e. The van der Waals surface area contributed by atoms with Gasteiger partial charge in [-0.25, -0.2) is 0 Å². The molecule has 0 bridgehead atoms. The van der Waals surface area contributed by atoms with Gasteiger partial charge >= 0.3 is 6.18 Å². The summed E-state index contributed by atoms with van der Waals surface area (Å²) in [5, 5.41) is 0. The van der Waals surface area contributed by atoms with Crippen LogP contribution in [0.2, 0.25) is 0 Å². The molecule has 0 unspecified atom stereocenters. The normalized spacial score (nSPS) is 18.4. The molecule has 0 aliphatic carbocycles. The molecule has 0 aromatic heterocycles. The molecule has 108 valence electrons. The second-order valence-corrected chi connectivity index (χ2v) is 5.26. The summed E-state index contributed by atoms with van der Waals surface area (Å²) in [4.78, 5) is 25.3. The van der Waals surface area contributed by atoms with Crippen LogP contribution in [0.4, 0.5) is 13.2 Å². The van der Waals surface area contributed by atoms with E-state index in [0.717, 1.165) is 24.3 Å². The Balaban J connectivity index is 2.25. The monoisotopic (exact) mass is 285 g/mol. The van der Waals surface area contributed by atoms with Crippen LogP contribution in [0.25, 0.3) is 0 Å². The molecule has 1 aliphatic heterocycles. The van der Waals surface area contributed by atoms with Crippen LogP contribution in [0.15, 0.2) is 24.3 Å². The number of halogens is 3. The summed E-state index contributed by atoms with van der Waals surface area (Å²) in [6.07, 6.45) is -4.15. The van der Waals surface area contributed by atoms with E-state index in [1.165, 1.54) is 4.90 Å². The summed E-state index contributed by atoms with van der Waals surface area (Å²) in [5.41, 5.74) is -1.55. The van der Waals surface area contributed by atoms with Gasteiger partial charge in [0.2, 0.25) is 0 Å². The number of amides is 1. The van der Waals surface area contributed by atoms with E-state index in [2.05, 4.69) is 0 Å². The van der Waals surface area contributed by atoms with E-state index in [9.17, 15) is 22.8 Å². The molecule has 20 heavy (non-hydrogen) atoms. The highest BCUT2D eigenvalue weighted by Gasteiger charge is 2.43. The van der Waals surface area contributed by atoms with Crippen LogP contribution in [0, 0.1) is 0 Å². The van der Waals surface area contributed by atoms with Gasteiger partial charge in [0.05, 0.1) is 11.1 Å². The lowest BCUT2D eigenvalue weighted by Crippen LogP contribution is -2.46. The van der Waals surface area contributed by atoms with E-state index < -0.39 is 23.2 Å². The predicted molar refractivity (Wildman–Crippen MR) is 66.2 cm³/mol. The van der Waals surface area contributed by atoms with E-state index in [1.54, 1.807) is 13.8 Å². The Kier molecular flexibility index (Phi) is 3.36. The summed E-state index contributed by atoms with van der Waals surface area (Å²) >= 11 is 0. The highest BCUT2D eigenvalue weighted by Crippen LogP contribution is 2.30. The van der Waals surface area contributed by atoms with Gasteiger partial charge in [-0.15, -0.1) is 0 Å². The first kappa shape index (κ1) is 14.6. The van der Waals surface area contributed by atoms with Crippen molar-refractivity contribution in [3.63, 3.8) is 0 Å². The van der Waals surface area contributed by atoms with Gasteiger partial charge < -0.3 is 4.90 Å². The van der Waals surface area contributed by atoms with Crippen molar-refractivity contribution in [2.75, 3.05) is 6.54 Å². The minimum atomic E-state index is -4.43. The molecule has 6 heteroatoms. The van der Waals surface area contributed by atoms with E-state index in [-0.39, 0.29) is 17.8 Å². The van der Waals surface area contributed by atoms with Crippen molar-refractivity contribution in [2.24, 2.45) is 0 Å². The molecule has 0 spiro atoms. The Labute approximate surface area is 114 Å². The van der Waals surface area contributed by atoms with Crippen LogP contribution in [0.5, 0.6) is 0 Å². The van der Waals surface area contributed by atoms with E-state index in [0.29, 0.717) is 6.54 Å². The fourth-order valence-corrected chi connectivity index (χ4v) is 2.26. The number of ketones is 1. The maximum Gasteiger partial charge on any atom is 0.416 e. The third kappa shape index (κ3) is 2.42. The standard InChI is InChI=1S/C14H14F3NO2/c1-13(2)11(19)7-8-18(13)12(20)9-3-5-10(6-4-9)14(15,16)17/h3-6H,7-8H2,1-2H3. The average molecular weight is 285 g/mol. The van der Waals surface area contributed by atoms with Crippen LogP contribution >= 0.6 is 0 Å². The number of likely N-dealkylation sites (tertiary alicyclic amines) is 1. The van der Waals surface area contributed by atoms with Gasteiger partial charge in [0, 0.05) is 18.5 Å². The molecule has 0 atom stereocenters. The maximum absolute atomic E-state index is 12.5. The number of carbonyl (C=O) groups is 2. The maximum atomic E-state index is 12.5. The van der Waals surface area contributed by atoms with Crippen molar-refractivity contribution in [2.45, 2.75) is 32.0 Å². The molecule has 0 radical (unpaired) electrons. The summed E-state index contributed by atoms with van der Waals surface area (Å²) < 4.78 is 37.4. The summed E-state index contributed by atoms with van der Waals surface area (Å²) in [7, 11) is 0. The molecule has 1 aliphatic rings. The van der Waals surface area contributed by atoms with Gasteiger partial charge in [0.15, 0.2) is 5.78 Å². The fraction of sp³-hybridized carbons (Fsp3) is 0.429. The first-order valence-electron chi connectivity index (χ1n) is 6.16. The molecule has 0 N–H and O–H groups in total. The van der Waals surface area contributed by atoms with Gasteiger partial charge in [-0.05, 0) is 38.1 Å². The molecule has 1 aromatic carbocycles. The number of nitrogens with zero attached hydrogens (tertiary/aromatic N) is 1. The van der Waals surface area contributed by atoms with Gasteiger partial charge in [-0.2, -0.15) is 13.2 Å². The number of benzene rings is 1. The zero-order valence-electron chi connectivity index (χ0n) is 11.1. The number of Topliss-reactive ketones (excluding diaryl/α,β-unsaturated/α-hetero) is 1. The first-order chi connectivity index (χ1) is 9.14. The Morgan fingerprint density at radius 3 is 2.15 bits per heavy atom. The molecule has 1 amide bonds. The largest absolute Gasteiger partial charge is 0.416 e. The van der Waals surface area contributed by atoms with E-state index in [1.807, 2.05) is 0 Å². The van der Waals surface area contributed by atoms with Crippen molar-refractivity contribution < 1.29 is 22.8 Å². The molecule has 1 aromatic rings. The number of carbonyl (C=O) groups excluding carboxylic acids is 2. The Bertz CT molecular complexity index is 547. The lowest BCUT2D eigenvalue weighted by Gasteiger charge is -2.30. The first-order valence-corrected chi connectivity index (χ1v) is 6.16. The van der Waals surface area contributed by atoms with Crippen molar-refractivity contribution in [3.8, 4) is 0 Å². The number of hydrogen-bond donors (Lipinski definition) is 0. The van der Waals surface area contributed by atoms with E-state index in [4.69, 9.17) is 0 Å². The molecular formula is C14H14F3NO2. The average Bonchev–Trinajstić information content (AvgIpc) is 2.62. The molecular weight excluding hydrogens is 271 g/mol. The lowest BCUT2D eigenvalue weighted by molar-refractivity contribution is -0.137. The van der Waals surface area contributed by atoms with Gasteiger partial charge in [-0.1, -0.05) is 0 Å². The Morgan fingerprint density at radius 2 is 1.75 bits per heavy atom. The minimum Gasteiger partial charge on any atom is -0.326 e. The quantitative estimate of drug-likeness (QED) is 0.795. The predicted octanol–water partition coefficient (Wildman–Crippen LogP) is 2.90. The van der Waals surface area contributed by atoms with Crippen LogP contribution in [-0.2, 0) is 11.0 Å². The molecule has 3 nitrogen and oxygen atoms in total. The second kappa shape index (κ2) is 4.61. The van der Waals surface area contributed by atoms with Crippen molar-refractivity contribution in [1.82, 2.24) is 4.90 Å².